The fourth-order valence-electron chi connectivity index (χ4n) is 3.10. The Morgan fingerprint density at radius 3 is 2.62 bits per heavy atom. The Kier molecular flexibility index (Phi) is 4.51. The lowest BCUT2D eigenvalue weighted by molar-refractivity contribution is -0.887. The maximum Gasteiger partial charge on any atom is 0.251 e. The first-order valence-electron chi connectivity index (χ1n) is 7.93. The van der Waals surface area contributed by atoms with Gasteiger partial charge in [-0.15, -0.1) is 0 Å². The van der Waals surface area contributed by atoms with E-state index in [1.54, 1.807) is 4.90 Å². The second kappa shape index (κ2) is 6.72. The molecule has 0 aromatic heterocycles. The van der Waals surface area contributed by atoms with Gasteiger partial charge in [-0.3, -0.25) is 4.79 Å². The molecule has 1 fully saturated rings. The molecule has 0 spiro atoms. The predicted molar refractivity (Wildman–Crippen MR) is 85.7 cm³/mol. The summed E-state index contributed by atoms with van der Waals surface area (Å²) in [6, 6.07) is 14.0. The van der Waals surface area contributed by atoms with E-state index >= 15 is 0 Å². The lowest BCUT2D eigenvalue weighted by Crippen LogP contribution is -3.10. The minimum absolute atomic E-state index is 0.0391. The van der Waals surface area contributed by atoms with Crippen LogP contribution in [-0.4, -0.2) is 32.1 Å². The second-order valence-corrected chi connectivity index (χ2v) is 5.88. The summed E-state index contributed by atoms with van der Waals surface area (Å²) < 4.78 is 0. The van der Waals surface area contributed by atoms with Crippen molar-refractivity contribution in [3.8, 4) is 0 Å². The van der Waals surface area contributed by atoms with Gasteiger partial charge in [-0.1, -0.05) is 30.3 Å². The molecule has 1 saturated heterocycles. The molecule has 0 saturated carbocycles. The highest BCUT2D eigenvalue weighted by molar-refractivity contribution is 5.98. The van der Waals surface area contributed by atoms with Crippen LogP contribution in [0.2, 0.25) is 0 Å². The van der Waals surface area contributed by atoms with E-state index in [1.165, 1.54) is 37.9 Å². The highest BCUT2D eigenvalue weighted by atomic mass is 16.1. The fourth-order valence-corrected chi connectivity index (χ4v) is 3.10. The third-order valence-corrected chi connectivity index (χ3v) is 4.31. The molecule has 3 heteroatoms. The third-order valence-electron chi connectivity index (χ3n) is 4.31. The second-order valence-electron chi connectivity index (χ2n) is 5.88. The van der Waals surface area contributed by atoms with Gasteiger partial charge in [0.1, 0.15) is 0 Å². The van der Waals surface area contributed by atoms with Gasteiger partial charge in [0.2, 0.25) is 0 Å². The van der Waals surface area contributed by atoms with Crippen LogP contribution in [0.25, 0.3) is 10.8 Å². The molecule has 2 aromatic carbocycles. The molecular formula is C18H23N2O+. The largest absolute Gasteiger partial charge is 0.352 e. The summed E-state index contributed by atoms with van der Waals surface area (Å²) in [4.78, 5) is 13.9. The molecule has 1 amide bonds. The number of nitrogens with one attached hydrogen (secondary N) is 2. The average molecular weight is 283 g/mol. The summed E-state index contributed by atoms with van der Waals surface area (Å²) in [5, 5.41) is 5.33. The van der Waals surface area contributed by atoms with Crippen LogP contribution in [0.1, 0.15) is 29.6 Å². The SMILES string of the molecule is O=C(NCCC[NH+]1CCCC1)c1ccc2ccccc2c1. The predicted octanol–water partition coefficient (Wildman–Crippen LogP) is 1.64. The number of hydrogen-bond donors (Lipinski definition) is 2. The first kappa shape index (κ1) is 14.1. The van der Waals surface area contributed by atoms with Crippen LogP contribution >= 0.6 is 0 Å². The van der Waals surface area contributed by atoms with Crippen molar-refractivity contribution in [3.05, 3.63) is 48.0 Å². The fraction of sp³-hybridized carbons (Fsp3) is 0.389. The number of rotatable bonds is 5. The lowest BCUT2D eigenvalue weighted by atomic mass is 10.1. The summed E-state index contributed by atoms with van der Waals surface area (Å²) in [6.07, 6.45) is 3.78. The van der Waals surface area contributed by atoms with Gasteiger partial charge < -0.3 is 10.2 Å². The molecule has 110 valence electrons. The molecule has 1 aliphatic heterocycles. The van der Waals surface area contributed by atoms with Gasteiger partial charge in [0.25, 0.3) is 5.91 Å². The van der Waals surface area contributed by atoms with Crippen LogP contribution in [0.3, 0.4) is 0 Å². The molecule has 0 bridgehead atoms. The Labute approximate surface area is 125 Å². The van der Waals surface area contributed by atoms with Crippen LogP contribution in [-0.2, 0) is 0 Å². The van der Waals surface area contributed by atoms with Crippen LogP contribution in [0, 0.1) is 0 Å². The number of carbonyl (C=O) groups is 1. The molecule has 3 nitrogen and oxygen atoms in total. The quantitative estimate of drug-likeness (QED) is 0.804. The molecule has 1 heterocycles. The Balaban J connectivity index is 1.51. The molecule has 1 aliphatic rings. The maximum absolute atomic E-state index is 12.2. The summed E-state index contributed by atoms with van der Waals surface area (Å²) in [5.41, 5.74) is 0.752. The van der Waals surface area contributed by atoms with Gasteiger partial charge in [0.15, 0.2) is 0 Å². The lowest BCUT2D eigenvalue weighted by Gasteiger charge is -2.12. The summed E-state index contributed by atoms with van der Waals surface area (Å²) in [7, 11) is 0. The molecular weight excluding hydrogens is 260 g/mol. The molecule has 0 unspecified atom stereocenters. The smallest absolute Gasteiger partial charge is 0.251 e. The molecule has 21 heavy (non-hydrogen) atoms. The number of amides is 1. The minimum Gasteiger partial charge on any atom is -0.352 e. The summed E-state index contributed by atoms with van der Waals surface area (Å²) in [6.45, 7) is 4.56. The zero-order valence-electron chi connectivity index (χ0n) is 12.4. The number of fused-ring (bicyclic) bond motifs is 1. The van der Waals surface area contributed by atoms with Crippen molar-refractivity contribution in [2.45, 2.75) is 19.3 Å². The Bertz CT molecular complexity index is 617. The Morgan fingerprint density at radius 2 is 1.81 bits per heavy atom. The van der Waals surface area contributed by atoms with Gasteiger partial charge in [-0.25, -0.2) is 0 Å². The topological polar surface area (TPSA) is 33.5 Å². The molecule has 0 radical (unpaired) electrons. The first-order chi connectivity index (χ1) is 10.3. The van der Waals surface area contributed by atoms with E-state index in [4.69, 9.17) is 0 Å². The number of carbonyl (C=O) groups excluding carboxylic acids is 1. The van der Waals surface area contributed by atoms with Gasteiger partial charge in [-0.2, -0.15) is 0 Å². The van der Waals surface area contributed by atoms with E-state index < -0.39 is 0 Å². The summed E-state index contributed by atoms with van der Waals surface area (Å²) in [5.74, 6) is 0.0391. The minimum atomic E-state index is 0.0391. The Morgan fingerprint density at radius 1 is 1.05 bits per heavy atom. The Hall–Kier alpha value is -1.87. The van der Waals surface area contributed by atoms with Crippen molar-refractivity contribution in [3.63, 3.8) is 0 Å². The molecule has 3 rings (SSSR count). The number of benzene rings is 2. The molecule has 2 N–H and O–H groups in total. The van der Waals surface area contributed by atoms with Crippen LogP contribution in [0.15, 0.2) is 42.5 Å². The number of likely N-dealkylation sites (tertiary alicyclic amines) is 1. The van der Waals surface area contributed by atoms with E-state index in [1.807, 2.05) is 36.4 Å². The molecule has 0 atom stereocenters. The first-order valence-corrected chi connectivity index (χ1v) is 7.93. The van der Waals surface area contributed by atoms with Crippen molar-refractivity contribution in [1.29, 1.82) is 0 Å². The van der Waals surface area contributed by atoms with E-state index in [0.29, 0.717) is 0 Å². The van der Waals surface area contributed by atoms with Crippen LogP contribution in [0.4, 0.5) is 0 Å². The van der Waals surface area contributed by atoms with Crippen molar-refractivity contribution in [2.75, 3.05) is 26.2 Å². The van der Waals surface area contributed by atoms with Gasteiger partial charge in [0, 0.05) is 31.4 Å². The van der Waals surface area contributed by atoms with E-state index in [0.717, 1.165) is 23.9 Å². The van der Waals surface area contributed by atoms with E-state index in [9.17, 15) is 4.79 Å². The zero-order chi connectivity index (χ0) is 14.5. The van der Waals surface area contributed by atoms with Crippen molar-refractivity contribution in [2.24, 2.45) is 0 Å². The van der Waals surface area contributed by atoms with Gasteiger partial charge >= 0.3 is 0 Å². The molecule has 2 aromatic rings. The summed E-state index contributed by atoms with van der Waals surface area (Å²) >= 11 is 0. The third kappa shape index (κ3) is 3.61. The van der Waals surface area contributed by atoms with Gasteiger partial charge in [0.05, 0.1) is 19.6 Å². The van der Waals surface area contributed by atoms with E-state index in [2.05, 4.69) is 11.4 Å². The van der Waals surface area contributed by atoms with E-state index in [-0.39, 0.29) is 5.91 Å². The standard InChI is InChI=1S/C18H22N2O/c21-18(19-10-5-13-20-11-3-4-12-20)17-9-8-15-6-1-2-7-16(15)14-17/h1-2,6-9,14H,3-5,10-13H2,(H,19,21)/p+1. The average Bonchev–Trinajstić information content (AvgIpc) is 3.04. The van der Waals surface area contributed by atoms with Crippen LogP contribution < -0.4 is 10.2 Å². The molecule has 0 aliphatic carbocycles. The highest BCUT2D eigenvalue weighted by Gasteiger charge is 2.14. The normalized spacial score (nSPS) is 15.4. The van der Waals surface area contributed by atoms with Crippen LogP contribution in [0.5, 0.6) is 0 Å². The monoisotopic (exact) mass is 283 g/mol. The van der Waals surface area contributed by atoms with Crippen molar-refractivity contribution in [1.82, 2.24) is 5.32 Å². The number of quaternary nitrogens is 1. The zero-order valence-corrected chi connectivity index (χ0v) is 12.4. The highest BCUT2D eigenvalue weighted by Crippen LogP contribution is 2.15. The maximum atomic E-state index is 12.2. The van der Waals surface area contributed by atoms with Crippen molar-refractivity contribution < 1.29 is 9.69 Å². The number of hydrogen-bond acceptors (Lipinski definition) is 1. The van der Waals surface area contributed by atoms with Crippen molar-refractivity contribution >= 4 is 16.7 Å². The van der Waals surface area contributed by atoms with Gasteiger partial charge in [-0.05, 0) is 22.9 Å².